The summed E-state index contributed by atoms with van der Waals surface area (Å²) in [6.07, 6.45) is 1.08. The standard InChI is InChI=1S/C20H24N2O7/c1-13(23)29-12-17(24)15(10-20(27)28)21-18(25)11-22-16(8-5-9-19(22)26)14-6-3-2-4-7-14/h2-4,6-7,15-16H,5,8-12H2,1H3,(H,21,25)(H,27,28). The second-order valence-corrected chi connectivity index (χ2v) is 6.80. The Bertz CT molecular complexity index is 778. The van der Waals surface area contributed by atoms with Gasteiger partial charge in [0.25, 0.3) is 0 Å². The lowest BCUT2D eigenvalue weighted by Crippen LogP contribution is -2.50. The average Bonchev–Trinajstić information content (AvgIpc) is 2.67. The van der Waals surface area contributed by atoms with Gasteiger partial charge in [-0.2, -0.15) is 0 Å². The van der Waals surface area contributed by atoms with Gasteiger partial charge in [0.05, 0.1) is 12.5 Å². The molecule has 1 fully saturated rings. The Labute approximate surface area is 168 Å². The zero-order chi connectivity index (χ0) is 21.4. The number of nitrogens with one attached hydrogen (secondary N) is 1. The van der Waals surface area contributed by atoms with E-state index in [0.717, 1.165) is 12.5 Å². The number of ketones is 1. The molecule has 2 amide bonds. The number of ether oxygens (including phenoxy) is 1. The minimum atomic E-state index is -1.35. The van der Waals surface area contributed by atoms with Gasteiger partial charge in [-0.15, -0.1) is 0 Å². The van der Waals surface area contributed by atoms with Crippen LogP contribution in [0.2, 0.25) is 0 Å². The number of carboxylic acids is 1. The van der Waals surface area contributed by atoms with Crippen LogP contribution in [0.15, 0.2) is 30.3 Å². The molecule has 1 saturated heterocycles. The molecule has 1 aromatic rings. The molecule has 1 aliphatic rings. The van der Waals surface area contributed by atoms with E-state index in [4.69, 9.17) is 5.11 Å². The summed E-state index contributed by atoms with van der Waals surface area (Å²) in [7, 11) is 0. The molecule has 0 saturated carbocycles. The number of carboxylic acid groups (broad SMARTS) is 1. The molecule has 9 nitrogen and oxygen atoms in total. The zero-order valence-electron chi connectivity index (χ0n) is 16.1. The van der Waals surface area contributed by atoms with E-state index in [1.54, 1.807) is 0 Å². The summed E-state index contributed by atoms with van der Waals surface area (Å²) >= 11 is 0. The highest BCUT2D eigenvalue weighted by Crippen LogP contribution is 2.31. The van der Waals surface area contributed by atoms with Crippen LogP contribution < -0.4 is 5.32 Å². The molecule has 156 valence electrons. The van der Waals surface area contributed by atoms with Crippen molar-refractivity contribution in [2.75, 3.05) is 13.2 Å². The van der Waals surface area contributed by atoms with Crippen molar-refractivity contribution in [1.29, 1.82) is 0 Å². The Morgan fingerprint density at radius 3 is 2.55 bits per heavy atom. The average molecular weight is 404 g/mol. The molecule has 29 heavy (non-hydrogen) atoms. The van der Waals surface area contributed by atoms with Gasteiger partial charge in [0.15, 0.2) is 12.4 Å². The van der Waals surface area contributed by atoms with E-state index < -0.39 is 42.7 Å². The van der Waals surface area contributed by atoms with Crippen LogP contribution in [0.4, 0.5) is 0 Å². The number of benzene rings is 1. The summed E-state index contributed by atoms with van der Waals surface area (Å²) in [5, 5.41) is 11.4. The first-order valence-corrected chi connectivity index (χ1v) is 9.29. The number of amides is 2. The molecule has 9 heteroatoms. The molecule has 0 aromatic heterocycles. The third-order valence-corrected chi connectivity index (χ3v) is 4.58. The summed E-state index contributed by atoms with van der Waals surface area (Å²) in [6, 6.07) is 7.70. The second kappa shape index (κ2) is 10.4. The Hall–Kier alpha value is -3.23. The summed E-state index contributed by atoms with van der Waals surface area (Å²) in [5.41, 5.74) is 0.904. The largest absolute Gasteiger partial charge is 0.481 e. The summed E-state index contributed by atoms with van der Waals surface area (Å²) in [4.78, 5) is 60.4. The lowest BCUT2D eigenvalue weighted by molar-refractivity contribution is -0.148. The zero-order valence-corrected chi connectivity index (χ0v) is 16.1. The minimum absolute atomic E-state index is 0.179. The van der Waals surface area contributed by atoms with Crippen LogP contribution in [0.25, 0.3) is 0 Å². The third kappa shape index (κ3) is 6.70. The lowest BCUT2D eigenvalue weighted by atomic mass is 9.95. The first-order chi connectivity index (χ1) is 13.8. The number of Topliss-reactive ketones (excluding diaryl/α,β-unsaturated/α-hetero) is 1. The maximum atomic E-state index is 12.5. The van der Waals surface area contributed by atoms with Gasteiger partial charge in [-0.1, -0.05) is 30.3 Å². The number of aliphatic carboxylic acids is 1. The highest BCUT2D eigenvalue weighted by Gasteiger charge is 2.32. The molecule has 0 spiro atoms. The monoisotopic (exact) mass is 404 g/mol. The van der Waals surface area contributed by atoms with Gasteiger partial charge in [-0.05, 0) is 18.4 Å². The van der Waals surface area contributed by atoms with Crippen LogP contribution in [-0.4, -0.2) is 58.7 Å². The normalized spacial score (nSPS) is 17.3. The van der Waals surface area contributed by atoms with Crippen molar-refractivity contribution in [2.45, 2.75) is 44.7 Å². The maximum absolute atomic E-state index is 12.5. The van der Waals surface area contributed by atoms with Crippen molar-refractivity contribution in [3.8, 4) is 0 Å². The van der Waals surface area contributed by atoms with Crippen molar-refractivity contribution in [1.82, 2.24) is 10.2 Å². The van der Waals surface area contributed by atoms with Crippen LogP contribution in [0.3, 0.4) is 0 Å². The summed E-state index contributed by atoms with van der Waals surface area (Å²) in [5.74, 6) is -3.54. The molecule has 2 unspecified atom stereocenters. The molecule has 2 rings (SSSR count). The summed E-state index contributed by atoms with van der Waals surface area (Å²) < 4.78 is 4.59. The van der Waals surface area contributed by atoms with Crippen LogP contribution >= 0.6 is 0 Å². The molecule has 2 atom stereocenters. The maximum Gasteiger partial charge on any atom is 0.305 e. The number of carbonyl (C=O) groups excluding carboxylic acids is 4. The van der Waals surface area contributed by atoms with E-state index in [0.29, 0.717) is 19.3 Å². The minimum Gasteiger partial charge on any atom is -0.481 e. The van der Waals surface area contributed by atoms with Crippen molar-refractivity contribution < 1.29 is 33.8 Å². The van der Waals surface area contributed by atoms with Crippen LogP contribution in [0.1, 0.15) is 44.2 Å². The van der Waals surface area contributed by atoms with Gasteiger partial charge < -0.3 is 20.1 Å². The van der Waals surface area contributed by atoms with Crippen LogP contribution in [0.5, 0.6) is 0 Å². The molecule has 0 aliphatic carbocycles. The lowest BCUT2D eigenvalue weighted by Gasteiger charge is -2.35. The van der Waals surface area contributed by atoms with Gasteiger partial charge in [-0.3, -0.25) is 24.0 Å². The molecule has 2 N–H and O–H groups in total. The van der Waals surface area contributed by atoms with Crippen molar-refractivity contribution >= 4 is 29.5 Å². The second-order valence-electron chi connectivity index (χ2n) is 6.80. The number of rotatable bonds is 9. The van der Waals surface area contributed by atoms with Gasteiger partial charge in [0.1, 0.15) is 12.6 Å². The van der Waals surface area contributed by atoms with Crippen LogP contribution in [-0.2, 0) is 28.7 Å². The van der Waals surface area contributed by atoms with Crippen molar-refractivity contribution in [3.63, 3.8) is 0 Å². The molecule has 1 aromatic carbocycles. The van der Waals surface area contributed by atoms with Gasteiger partial charge >= 0.3 is 11.9 Å². The fraction of sp³-hybridized carbons (Fsp3) is 0.450. The predicted octanol–water partition coefficient (Wildman–Crippen LogP) is 0.832. The Morgan fingerprint density at radius 1 is 1.24 bits per heavy atom. The fourth-order valence-corrected chi connectivity index (χ4v) is 3.23. The van der Waals surface area contributed by atoms with E-state index in [1.165, 1.54) is 4.90 Å². The van der Waals surface area contributed by atoms with E-state index >= 15 is 0 Å². The molecule has 1 heterocycles. The van der Waals surface area contributed by atoms with E-state index in [1.807, 2.05) is 30.3 Å². The molecular formula is C20H24N2O7. The molecule has 0 radical (unpaired) electrons. The van der Waals surface area contributed by atoms with Gasteiger partial charge in [-0.25, -0.2) is 0 Å². The highest BCUT2D eigenvalue weighted by atomic mass is 16.5. The smallest absolute Gasteiger partial charge is 0.305 e. The fourth-order valence-electron chi connectivity index (χ4n) is 3.23. The quantitative estimate of drug-likeness (QED) is 0.583. The first-order valence-electron chi connectivity index (χ1n) is 9.29. The molecule has 1 aliphatic heterocycles. The third-order valence-electron chi connectivity index (χ3n) is 4.58. The van der Waals surface area contributed by atoms with E-state index in [-0.39, 0.29) is 18.5 Å². The number of nitrogens with zero attached hydrogens (tertiary/aromatic N) is 1. The topological polar surface area (TPSA) is 130 Å². The SMILES string of the molecule is CC(=O)OCC(=O)C(CC(=O)O)NC(=O)CN1C(=O)CCCC1c1ccccc1. The summed E-state index contributed by atoms with van der Waals surface area (Å²) in [6.45, 7) is 0.182. The highest BCUT2D eigenvalue weighted by molar-refractivity contribution is 5.94. The number of piperidine rings is 1. The Balaban J connectivity index is 2.07. The van der Waals surface area contributed by atoms with E-state index in [9.17, 15) is 24.0 Å². The Kier molecular flexibility index (Phi) is 7.88. The Morgan fingerprint density at radius 2 is 1.93 bits per heavy atom. The number of likely N-dealkylation sites (tertiary alicyclic amines) is 1. The van der Waals surface area contributed by atoms with Gasteiger partial charge in [0, 0.05) is 13.3 Å². The first kappa shape index (κ1) is 22.1. The number of hydrogen-bond acceptors (Lipinski definition) is 6. The van der Waals surface area contributed by atoms with E-state index in [2.05, 4.69) is 10.1 Å². The number of hydrogen-bond donors (Lipinski definition) is 2. The van der Waals surface area contributed by atoms with Crippen LogP contribution in [0, 0.1) is 0 Å². The number of carbonyl (C=O) groups is 5. The predicted molar refractivity (Wildman–Crippen MR) is 101 cm³/mol. The van der Waals surface area contributed by atoms with Gasteiger partial charge in [0.2, 0.25) is 11.8 Å². The van der Waals surface area contributed by atoms with Crippen molar-refractivity contribution in [2.24, 2.45) is 0 Å². The molecular weight excluding hydrogens is 380 g/mol. The van der Waals surface area contributed by atoms with Crippen molar-refractivity contribution in [3.05, 3.63) is 35.9 Å². The molecule has 0 bridgehead atoms. The number of esters is 1.